The van der Waals surface area contributed by atoms with Crippen molar-refractivity contribution in [2.75, 3.05) is 36.4 Å². The van der Waals surface area contributed by atoms with Gasteiger partial charge >= 0.3 is 0 Å². The standard InChI is InChI=1S/C18H18N6O2/c25-24(26)14-3-1-13(2-4-14)22-16-5-6-20-17-12-21-18(11-15(16)17)23-9-7-19-8-10-23/h1-6,11-12,19H,7-10H2,(H,20,22). The van der Waals surface area contributed by atoms with Crippen molar-refractivity contribution < 1.29 is 4.92 Å². The summed E-state index contributed by atoms with van der Waals surface area (Å²) in [6.07, 6.45) is 3.51. The number of aromatic nitrogens is 2. The Morgan fingerprint density at radius 1 is 1.12 bits per heavy atom. The SMILES string of the molecule is O=[N+]([O-])c1ccc(Nc2ccnc3cnc(N4CCNCC4)cc23)cc1. The minimum absolute atomic E-state index is 0.0698. The average molecular weight is 350 g/mol. The fourth-order valence-corrected chi connectivity index (χ4v) is 3.04. The van der Waals surface area contributed by atoms with Gasteiger partial charge < -0.3 is 15.5 Å². The van der Waals surface area contributed by atoms with E-state index in [2.05, 4.69) is 25.5 Å². The summed E-state index contributed by atoms with van der Waals surface area (Å²) < 4.78 is 0. The summed E-state index contributed by atoms with van der Waals surface area (Å²) in [4.78, 5) is 21.6. The number of hydrogen-bond acceptors (Lipinski definition) is 7. The van der Waals surface area contributed by atoms with Crippen LogP contribution in [0.4, 0.5) is 22.9 Å². The van der Waals surface area contributed by atoms with Gasteiger partial charge in [-0.25, -0.2) is 4.98 Å². The van der Waals surface area contributed by atoms with Gasteiger partial charge in [-0.3, -0.25) is 15.1 Å². The van der Waals surface area contributed by atoms with Gasteiger partial charge in [0.1, 0.15) is 5.82 Å². The zero-order chi connectivity index (χ0) is 17.9. The van der Waals surface area contributed by atoms with Crippen molar-refractivity contribution in [1.82, 2.24) is 15.3 Å². The Kier molecular flexibility index (Phi) is 4.32. The number of nitrogens with zero attached hydrogens (tertiary/aromatic N) is 4. The van der Waals surface area contributed by atoms with E-state index in [0.29, 0.717) is 0 Å². The van der Waals surface area contributed by atoms with Crippen LogP contribution in [-0.2, 0) is 0 Å². The lowest BCUT2D eigenvalue weighted by Gasteiger charge is -2.28. The number of pyridine rings is 2. The van der Waals surface area contributed by atoms with Gasteiger partial charge in [-0.15, -0.1) is 0 Å². The maximum Gasteiger partial charge on any atom is 0.269 e. The first-order valence-corrected chi connectivity index (χ1v) is 8.42. The zero-order valence-corrected chi connectivity index (χ0v) is 14.1. The highest BCUT2D eigenvalue weighted by Gasteiger charge is 2.13. The van der Waals surface area contributed by atoms with E-state index in [-0.39, 0.29) is 5.69 Å². The van der Waals surface area contributed by atoms with Crippen LogP contribution in [0.25, 0.3) is 10.9 Å². The minimum Gasteiger partial charge on any atom is -0.355 e. The van der Waals surface area contributed by atoms with E-state index in [9.17, 15) is 10.1 Å². The molecule has 2 N–H and O–H groups in total. The van der Waals surface area contributed by atoms with Gasteiger partial charge in [0.25, 0.3) is 5.69 Å². The third kappa shape index (κ3) is 3.27. The molecule has 0 aliphatic carbocycles. The first-order valence-electron chi connectivity index (χ1n) is 8.42. The third-order valence-electron chi connectivity index (χ3n) is 4.41. The summed E-state index contributed by atoms with van der Waals surface area (Å²) in [5.41, 5.74) is 2.54. The van der Waals surface area contributed by atoms with Crippen LogP contribution in [0.1, 0.15) is 0 Å². The van der Waals surface area contributed by atoms with E-state index >= 15 is 0 Å². The molecule has 2 aromatic heterocycles. The fourth-order valence-electron chi connectivity index (χ4n) is 3.04. The largest absolute Gasteiger partial charge is 0.355 e. The van der Waals surface area contributed by atoms with Gasteiger partial charge in [-0.2, -0.15) is 0 Å². The monoisotopic (exact) mass is 350 g/mol. The molecule has 1 aliphatic rings. The van der Waals surface area contributed by atoms with Crippen molar-refractivity contribution in [3.8, 4) is 0 Å². The molecule has 0 unspecified atom stereocenters. The van der Waals surface area contributed by atoms with Gasteiger partial charge in [-0.05, 0) is 24.3 Å². The summed E-state index contributed by atoms with van der Waals surface area (Å²) in [5.74, 6) is 0.929. The van der Waals surface area contributed by atoms with Crippen LogP contribution in [0.3, 0.4) is 0 Å². The molecule has 8 nitrogen and oxygen atoms in total. The smallest absolute Gasteiger partial charge is 0.269 e. The van der Waals surface area contributed by atoms with Gasteiger partial charge in [-0.1, -0.05) is 0 Å². The average Bonchev–Trinajstić information content (AvgIpc) is 2.69. The number of benzene rings is 1. The first kappa shape index (κ1) is 16.2. The van der Waals surface area contributed by atoms with E-state index in [0.717, 1.165) is 54.3 Å². The summed E-state index contributed by atoms with van der Waals surface area (Å²) in [6, 6.07) is 10.3. The Bertz CT molecular complexity index is 938. The normalized spacial score (nSPS) is 14.4. The van der Waals surface area contributed by atoms with E-state index < -0.39 is 4.92 Å². The van der Waals surface area contributed by atoms with Crippen molar-refractivity contribution >= 4 is 33.8 Å². The highest BCUT2D eigenvalue weighted by molar-refractivity contribution is 5.94. The fraction of sp³-hybridized carbons (Fsp3) is 0.222. The molecule has 0 radical (unpaired) electrons. The number of anilines is 3. The van der Waals surface area contributed by atoms with Crippen LogP contribution >= 0.6 is 0 Å². The molecule has 132 valence electrons. The van der Waals surface area contributed by atoms with Crippen molar-refractivity contribution in [3.05, 3.63) is 58.9 Å². The molecule has 0 amide bonds. The van der Waals surface area contributed by atoms with Crippen LogP contribution in [0, 0.1) is 10.1 Å². The van der Waals surface area contributed by atoms with E-state index in [1.54, 1.807) is 24.5 Å². The predicted molar refractivity (Wildman–Crippen MR) is 101 cm³/mol. The molecule has 0 spiro atoms. The number of nitro benzene ring substituents is 1. The van der Waals surface area contributed by atoms with Gasteiger partial charge in [0.15, 0.2) is 0 Å². The van der Waals surface area contributed by atoms with Crippen LogP contribution in [0.5, 0.6) is 0 Å². The second-order valence-electron chi connectivity index (χ2n) is 6.08. The lowest BCUT2D eigenvalue weighted by atomic mass is 10.2. The molecule has 3 aromatic rings. The second-order valence-corrected chi connectivity index (χ2v) is 6.08. The summed E-state index contributed by atoms with van der Waals surface area (Å²) >= 11 is 0. The Morgan fingerprint density at radius 2 is 1.88 bits per heavy atom. The van der Waals surface area contributed by atoms with E-state index in [1.165, 1.54) is 12.1 Å². The molecular formula is C18H18N6O2. The van der Waals surface area contributed by atoms with Crippen LogP contribution in [-0.4, -0.2) is 41.1 Å². The van der Waals surface area contributed by atoms with E-state index in [4.69, 9.17) is 0 Å². The Morgan fingerprint density at radius 3 is 2.62 bits per heavy atom. The van der Waals surface area contributed by atoms with Crippen molar-refractivity contribution in [2.24, 2.45) is 0 Å². The predicted octanol–water partition coefficient (Wildman–Crippen LogP) is 2.69. The molecule has 26 heavy (non-hydrogen) atoms. The quantitative estimate of drug-likeness (QED) is 0.551. The maximum absolute atomic E-state index is 10.8. The molecule has 1 fully saturated rings. The summed E-state index contributed by atoms with van der Waals surface area (Å²) in [7, 11) is 0. The van der Waals surface area contributed by atoms with Gasteiger partial charge in [0, 0.05) is 61.3 Å². The second kappa shape index (κ2) is 6.93. The van der Waals surface area contributed by atoms with Gasteiger partial charge in [0.05, 0.1) is 16.6 Å². The Hall–Kier alpha value is -3.26. The van der Waals surface area contributed by atoms with Crippen molar-refractivity contribution in [2.45, 2.75) is 0 Å². The highest BCUT2D eigenvalue weighted by Crippen LogP contribution is 2.28. The highest BCUT2D eigenvalue weighted by atomic mass is 16.6. The van der Waals surface area contributed by atoms with Crippen molar-refractivity contribution in [3.63, 3.8) is 0 Å². The molecule has 4 rings (SSSR count). The first-order chi connectivity index (χ1) is 12.7. The summed E-state index contributed by atoms with van der Waals surface area (Å²) in [6.45, 7) is 3.73. The molecule has 3 heterocycles. The van der Waals surface area contributed by atoms with Crippen LogP contribution < -0.4 is 15.5 Å². The number of hydrogen-bond donors (Lipinski definition) is 2. The number of fused-ring (bicyclic) bond motifs is 1. The van der Waals surface area contributed by atoms with Crippen molar-refractivity contribution in [1.29, 1.82) is 0 Å². The third-order valence-corrected chi connectivity index (χ3v) is 4.41. The lowest BCUT2D eigenvalue weighted by Crippen LogP contribution is -2.43. The maximum atomic E-state index is 10.8. The molecule has 0 bridgehead atoms. The molecular weight excluding hydrogens is 332 g/mol. The topological polar surface area (TPSA) is 96.2 Å². The summed E-state index contributed by atoms with van der Waals surface area (Å²) in [5, 5.41) is 18.4. The van der Waals surface area contributed by atoms with Crippen LogP contribution in [0.2, 0.25) is 0 Å². The minimum atomic E-state index is -0.406. The zero-order valence-electron chi connectivity index (χ0n) is 14.1. The van der Waals surface area contributed by atoms with Gasteiger partial charge in [0.2, 0.25) is 0 Å². The molecule has 0 saturated carbocycles. The molecule has 1 aliphatic heterocycles. The molecule has 1 aromatic carbocycles. The Labute approximate surface area is 150 Å². The van der Waals surface area contributed by atoms with Crippen LogP contribution in [0.15, 0.2) is 48.8 Å². The molecule has 1 saturated heterocycles. The lowest BCUT2D eigenvalue weighted by molar-refractivity contribution is -0.384. The number of nitrogens with one attached hydrogen (secondary N) is 2. The molecule has 0 atom stereocenters. The van der Waals surface area contributed by atoms with E-state index in [1.807, 2.05) is 12.1 Å². The number of non-ortho nitro benzene ring substituents is 1. The Balaban J connectivity index is 1.66. The number of nitro groups is 1. The number of piperazine rings is 1. The molecule has 8 heteroatoms. The number of rotatable bonds is 4.